The molecule has 90 valence electrons. The van der Waals surface area contributed by atoms with Gasteiger partial charge in [0.1, 0.15) is 11.5 Å². The second kappa shape index (κ2) is 3.18. The lowest BCUT2D eigenvalue weighted by Gasteiger charge is -2.29. The Hall–Kier alpha value is -1.18. The van der Waals surface area contributed by atoms with Crippen LogP contribution in [0.1, 0.15) is 61.1 Å². The SMILES string of the molecule is C[C@@H]1CCc2cc(O)c3c(c2O1)[C@@H]1CC[C@@H]3C1. The van der Waals surface area contributed by atoms with E-state index in [1.54, 1.807) is 0 Å². The molecule has 1 aromatic carbocycles. The number of hydrogen-bond acceptors (Lipinski definition) is 2. The fraction of sp³-hybridized carbons (Fsp3) is 0.600. The Labute approximate surface area is 102 Å². The maximum absolute atomic E-state index is 10.2. The Bertz CT molecular complexity index is 492. The van der Waals surface area contributed by atoms with Gasteiger partial charge >= 0.3 is 0 Å². The number of phenols is 1. The number of fused-ring (bicyclic) bond motifs is 7. The third-order valence-corrected chi connectivity index (χ3v) is 4.80. The van der Waals surface area contributed by atoms with Crippen LogP contribution in [0.5, 0.6) is 11.5 Å². The molecule has 1 N–H and O–H groups in total. The molecule has 2 bridgehead atoms. The molecule has 0 amide bonds. The van der Waals surface area contributed by atoms with E-state index in [0.717, 1.165) is 18.6 Å². The van der Waals surface area contributed by atoms with Crippen LogP contribution in [0.15, 0.2) is 6.07 Å². The zero-order chi connectivity index (χ0) is 11.6. The van der Waals surface area contributed by atoms with E-state index < -0.39 is 0 Å². The lowest BCUT2D eigenvalue weighted by atomic mass is 9.86. The smallest absolute Gasteiger partial charge is 0.126 e. The number of aromatic hydroxyl groups is 1. The summed E-state index contributed by atoms with van der Waals surface area (Å²) in [6.45, 7) is 2.15. The molecule has 1 aliphatic heterocycles. The first-order chi connectivity index (χ1) is 8.24. The van der Waals surface area contributed by atoms with Crippen molar-refractivity contribution in [3.63, 3.8) is 0 Å². The van der Waals surface area contributed by atoms with Gasteiger partial charge in [0.2, 0.25) is 0 Å². The molecule has 0 spiro atoms. The molecule has 0 saturated heterocycles. The zero-order valence-electron chi connectivity index (χ0n) is 10.2. The third-order valence-electron chi connectivity index (χ3n) is 4.80. The fourth-order valence-corrected chi connectivity index (χ4v) is 4.03. The summed E-state index contributed by atoms with van der Waals surface area (Å²) in [7, 11) is 0. The summed E-state index contributed by atoms with van der Waals surface area (Å²) in [5.41, 5.74) is 3.81. The summed E-state index contributed by atoms with van der Waals surface area (Å²) in [5.74, 6) is 2.91. The number of aryl methyl sites for hydroxylation is 1. The van der Waals surface area contributed by atoms with Gasteiger partial charge in [-0.15, -0.1) is 0 Å². The fourth-order valence-electron chi connectivity index (χ4n) is 4.03. The summed E-state index contributed by atoms with van der Waals surface area (Å²) >= 11 is 0. The first-order valence-corrected chi connectivity index (χ1v) is 6.79. The maximum atomic E-state index is 10.2. The Morgan fingerprint density at radius 2 is 1.94 bits per heavy atom. The van der Waals surface area contributed by atoms with Crippen molar-refractivity contribution in [3.8, 4) is 11.5 Å². The second-order valence-corrected chi connectivity index (χ2v) is 5.89. The van der Waals surface area contributed by atoms with Gasteiger partial charge < -0.3 is 9.84 Å². The van der Waals surface area contributed by atoms with Crippen molar-refractivity contribution in [2.24, 2.45) is 0 Å². The molecule has 0 unspecified atom stereocenters. The molecular formula is C15H18O2. The molecule has 2 nitrogen and oxygen atoms in total. The highest BCUT2D eigenvalue weighted by Gasteiger charge is 2.42. The molecule has 2 heteroatoms. The Morgan fingerprint density at radius 1 is 1.18 bits per heavy atom. The number of benzene rings is 1. The highest BCUT2D eigenvalue weighted by Crippen LogP contribution is 2.59. The Balaban J connectivity index is 1.95. The third kappa shape index (κ3) is 1.21. The quantitative estimate of drug-likeness (QED) is 0.739. The molecule has 2 aliphatic carbocycles. The monoisotopic (exact) mass is 230 g/mol. The molecule has 0 radical (unpaired) electrons. The Kier molecular flexibility index (Phi) is 1.84. The van der Waals surface area contributed by atoms with Crippen LogP contribution < -0.4 is 4.74 Å². The van der Waals surface area contributed by atoms with E-state index in [0.29, 0.717) is 23.7 Å². The van der Waals surface area contributed by atoms with Gasteiger partial charge in [-0.3, -0.25) is 0 Å². The van der Waals surface area contributed by atoms with Gasteiger partial charge in [-0.05, 0) is 62.5 Å². The highest BCUT2D eigenvalue weighted by molar-refractivity contribution is 5.60. The van der Waals surface area contributed by atoms with Crippen molar-refractivity contribution in [2.45, 2.75) is 57.0 Å². The van der Waals surface area contributed by atoms with Crippen molar-refractivity contribution >= 4 is 0 Å². The topological polar surface area (TPSA) is 29.5 Å². The van der Waals surface area contributed by atoms with Crippen molar-refractivity contribution < 1.29 is 9.84 Å². The average Bonchev–Trinajstić information content (AvgIpc) is 2.91. The van der Waals surface area contributed by atoms with E-state index >= 15 is 0 Å². The van der Waals surface area contributed by atoms with Crippen LogP contribution in [0, 0.1) is 0 Å². The maximum Gasteiger partial charge on any atom is 0.126 e. The molecule has 0 aromatic heterocycles. The molecule has 4 rings (SSSR count). The van der Waals surface area contributed by atoms with Gasteiger partial charge in [0.05, 0.1) is 6.10 Å². The molecular weight excluding hydrogens is 212 g/mol. The number of phenolic OH excluding ortho intramolecular Hbond substituents is 1. The summed E-state index contributed by atoms with van der Waals surface area (Å²) in [6, 6.07) is 1.96. The number of hydrogen-bond donors (Lipinski definition) is 1. The summed E-state index contributed by atoms with van der Waals surface area (Å²) < 4.78 is 6.07. The predicted molar refractivity (Wildman–Crippen MR) is 65.9 cm³/mol. The van der Waals surface area contributed by atoms with Gasteiger partial charge in [0.15, 0.2) is 0 Å². The minimum atomic E-state index is 0.329. The van der Waals surface area contributed by atoms with E-state index in [1.165, 1.54) is 36.0 Å². The van der Waals surface area contributed by atoms with Crippen LogP contribution in [-0.4, -0.2) is 11.2 Å². The lowest BCUT2D eigenvalue weighted by Crippen LogP contribution is -2.21. The van der Waals surface area contributed by atoms with Gasteiger partial charge in [-0.1, -0.05) is 0 Å². The van der Waals surface area contributed by atoms with Crippen molar-refractivity contribution in [1.82, 2.24) is 0 Å². The lowest BCUT2D eigenvalue weighted by molar-refractivity contribution is 0.189. The van der Waals surface area contributed by atoms with E-state index in [1.807, 2.05) is 6.07 Å². The van der Waals surface area contributed by atoms with Crippen molar-refractivity contribution in [3.05, 3.63) is 22.8 Å². The van der Waals surface area contributed by atoms with Gasteiger partial charge in [-0.25, -0.2) is 0 Å². The van der Waals surface area contributed by atoms with Gasteiger partial charge in [0, 0.05) is 11.1 Å². The van der Waals surface area contributed by atoms with E-state index in [-0.39, 0.29) is 0 Å². The van der Waals surface area contributed by atoms with E-state index in [4.69, 9.17) is 4.74 Å². The molecule has 1 fully saturated rings. The minimum absolute atomic E-state index is 0.329. The van der Waals surface area contributed by atoms with E-state index in [9.17, 15) is 5.11 Å². The normalized spacial score (nSPS) is 33.1. The first-order valence-electron chi connectivity index (χ1n) is 6.79. The number of ether oxygens (including phenoxy) is 1. The van der Waals surface area contributed by atoms with Crippen LogP contribution in [0.4, 0.5) is 0 Å². The molecule has 1 saturated carbocycles. The van der Waals surface area contributed by atoms with Crippen molar-refractivity contribution in [2.75, 3.05) is 0 Å². The highest BCUT2D eigenvalue weighted by atomic mass is 16.5. The molecule has 3 atom stereocenters. The van der Waals surface area contributed by atoms with Crippen LogP contribution in [0.2, 0.25) is 0 Å². The molecule has 17 heavy (non-hydrogen) atoms. The van der Waals surface area contributed by atoms with Gasteiger partial charge in [0.25, 0.3) is 0 Å². The second-order valence-electron chi connectivity index (χ2n) is 5.89. The van der Waals surface area contributed by atoms with Crippen LogP contribution in [0.3, 0.4) is 0 Å². The van der Waals surface area contributed by atoms with Crippen molar-refractivity contribution in [1.29, 1.82) is 0 Å². The predicted octanol–water partition coefficient (Wildman–Crippen LogP) is 3.47. The van der Waals surface area contributed by atoms with Crippen LogP contribution in [-0.2, 0) is 6.42 Å². The van der Waals surface area contributed by atoms with E-state index in [2.05, 4.69) is 6.92 Å². The zero-order valence-corrected chi connectivity index (χ0v) is 10.2. The summed E-state index contributed by atoms with van der Waals surface area (Å²) in [6.07, 6.45) is 6.21. The van der Waals surface area contributed by atoms with Crippen LogP contribution in [0.25, 0.3) is 0 Å². The Morgan fingerprint density at radius 3 is 2.76 bits per heavy atom. The average molecular weight is 230 g/mol. The molecule has 3 aliphatic rings. The summed E-state index contributed by atoms with van der Waals surface area (Å²) in [5, 5.41) is 10.2. The van der Waals surface area contributed by atoms with Gasteiger partial charge in [-0.2, -0.15) is 0 Å². The largest absolute Gasteiger partial charge is 0.508 e. The standard InChI is InChI=1S/C15H18O2/c1-8-2-3-11-7-12(16)13-9-4-5-10(6-9)14(13)15(11)17-8/h7-10,16H,2-6H2,1H3/t8-,9-,10-/m1/s1. The minimum Gasteiger partial charge on any atom is -0.508 e. The number of rotatable bonds is 0. The molecule has 1 heterocycles. The first kappa shape index (κ1) is 9.81. The van der Waals surface area contributed by atoms with Crippen LogP contribution >= 0.6 is 0 Å². The summed E-state index contributed by atoms with van der Waals surface area (Å²) in [4.78, 5) is 0. The molecule has 1 aromatic rings.